The highest BCUT2D eigenvalue weighted by molar-refractivity contribution is 7.82. The monoisotopic (exact) mass is 398 g/mol. The van der Waals surface area contributed by atoms with Crippen molar-refractivity contribution in [3.8, 4) is 11.1 Å². The van der Waals surface area contributed by atoms with Crippen molar-refractivity contribution in [2.24, 2.45) is 15.7 Å². The summed E-state index contributed by atoms with van der Waals surface area (Å²) in [7, 11) is 0. The molecule has 1 aliphatic rings. The number of hydrogen-bond acceptors (Lipinski definition) is 6. The van der Waals surface area contributed by atoms with E-state index in [1.807, 2.05) is 31.3 Å². The third-order valence-corrected chi connectivity index (χ3v) is 6.12. The first kappa shape index (κ1) is 17.4. The second kappa shape index (κ2) is 6.96. The smallest absolute Gasteiger partial charge is 0.148 e. The first-order chi connectivity index (χ1) is 12.5. The van der Waals surface area contributed by atoms with Gasteiger partial charge >= 0.3 is 0 Å². The van der Waals surface area contributed by atoms with Crippen LogP contribution in [0, 0.1) is 0 Å². The Morgan fingerprint density at radius 3 is 2.77 bits per heavy atom. The van der Waals surface area contributed by atoms with Crippen LogP contribution < -0.4 is 5.73 Å². The van der Waals surface area contributed by atoms with E-state index in [0.717, 1.165) is 10.4 Å². The maximum absolute atomic E-state index is 6.10. The van der Waals surface area contributed by atoms with Gasteiger partial charge in [-0.25, -0.2) is 9.98 Å². The number of pyridine rings is 1. The fourth-order valence-electron chi connectivity index (χ4n) is 2.88. The summed E-state index contributed by atoms with van der Waals surface area (Å²) in [6.45, 7) is 2.00. The number of hydrogen-bond donors (Lipinski definition) is 1. The molecule has 26 heavy (non-hydrogen) atoms. The van der Waals surface area contributed by atoms with Crippen molar-refractivity contribution in [2.75, 3.05) is 0 Å². The van der Waals surface area contributed by atoms with Crippen molar-refractivity contribution in [2.45, 2.75) is 19.0 Å². The zero-order valence-corrected chi connectivity index (χ0v) is 16.3. The molecular weight excluding hydrogens is 384 g/mol. The number of aliphatic imine (C=N–C) groups is 2. The first-order valence-electron chi connectivity index (χ1n) is 8.09. The Balaban J connectivity index is 1.76. The lowest BCUT2D eigenvalue weighted by Crippen LogP contribution is -2.36. The van der Waals surface area contributed by atoms with Gasteiger partial charge in [0.25, 0.3) is 0 Å². The molecule has 3 heterocycles. The highest BCUT2D eigenvalue weighted by Gasteiger charge is 2.24. The second-order valence-corrected chi connectivity index (χ2v) is 7.75. The molecular formula is C19H15ClN4S2. The van der Waals surface area contributed by atoms with Crippen LogP contribution in [0.15, 0.2) is 58.0 Å². The summed E-state index contributed by atoms with van der Waals surface area (Å²) in [5.41, 5.74) is 9.20. The van der Waals surface area contributed by atoms with E-state index in [1.165, 1.54) is 16.5 Å². The summed E-state index contributed by atoms with van der Waals surface area (Å²) in [6, 6.07) is 12.4. The van der Waals surface area contributed by atoms with Crippen molar-refractivity contribution < 1.29 is 0 Å². The maximum atomic E-state index is 6.10. The van der Waals surface area contributed by atoms with E-state index < -0.39 is 6.17 Å². The predicted octanol–water partition coefficient (Wildman–Crippen LogP) is 4.77. The molecule has 0 aliphatic carbocycles. The number of nitrogens with two attached hydrogens (primary N) is 1. The lowest BCUT2D eigenvalue weighted by atomic mass is 10.0. The molecule has 3 aromatic rings. The number of thiophene rings is 1. The van der Waals surface area contributed by atoms with Crippen LogP contribution in [0.25, 0.3) is 21.2 Å². The molecule has 1 aliphatic heterocycles. The summed E-state index contributed by atoms with van der Waals surface area (Å²) in [5, 5.41) is 3.58. The Hall–Kier alpha value is -1.99. The normalized spacial score (nSPS) is 18.6. The number of fused-ring (bicyclic) bond motifs is 1. The Morgan fingerprint density at radius 1 is 1.27 bits per heavy atom. The Morgan fingerprint density at radius 2 is 2.04 bits per heavy atom. The second-order valence-electron chi connectivity index (χ2n) is 6.04. The zero-order valence-electron chi connectivity index (χ0n) is 13.9. The number of rotatable bonds is 3. The molecule has 4 rings (SSSR count). The van der Waals surface area contributed by atoms with Gasteiger partial charge in [0, 0.05) is 17.1 Å². The van der Waals surface area contributed by atoms with Gasteiger partial charge in [0.2, 0.25) is 0 Å². The SMILES string of the molecule is CC(C1=NC(N)C(=S)C(Cl)=N1)c1cc2c(-c3ccccc3)csc2cn1. The molecule has 0 spiro atoms. The van der Waals surface area contributed by atoms with Gasteiger partial charge in [0.1, 0.15) is 17.2 Å². The predicted molar refractivity (Wildman–Crippen MR) is 115 cm³/mol. The molecule has 0 radical (unpaired) electrons. The van der Waals surface area contributed by atoms with Crippen LogP contribution in [0.1, 0.15) is 18.5 Å². The minimum Gasteiger partial charge on any atom is -0.305 e. The average Bonchev–Trinajstić information content (AvgIpc) is 3.09. The molecule has 2 atom stereocenters. The van der Waals surface area contributed by atoms with Crippen molar-refractivity contribution in [3.05, 3.63) is 53.7 Å². The summed E-state index contributed by atoms with van der Waals surface area (Å²) < 4.78 is 1.14. The molecule has 4 nitrogen and oxygen atoms in total. The molecule has 2 aromatic heterocycles. The molecule has 0 amide bonds. The van der Waals surface area contributed by atoms with Gasteiger partial charge in [0.15, 0.2) is 0 Å². The Bertz CT molecular complexity index is 1060. The molecule has 0 bridgehead atoms. The highest BCUT2D eigenvalue weighted by atomic mass is 35.5. The van der Waals surface area contributed by atoms with Crippen LogP contribution in [-0.4, -0.2) is 27.0 Å². The van der Waals surface area contributed by atoms with Crippen molar-refractivity contribution in [1.82, 2.24) is 4.98 Å². The molecule has 1 aromatic carbocycles. The van der Waals surface area contributed by atoms with E-state index >= 15 is 0 Å². The van der Waals surface area contributed by atoms with Crippen molar-refractivity contribution >= 4 is 61.1 Å². The third kappa shape index (κ3) is 3.10. The van der Waals surface area contributed by atoms with Gasteiger partial charge in [-0.2, -0.15) is 0 Å². The van der Waals surface area contributed by atoms with Crippen LogP contribution in [0.4, 0.5) is 0 Å². The zero-order chi connectivity index (χ0) is 18.3. The van der Waals surface area contributed by atoms with Crippen LogP contribution in [-0.2, 0) is 0 Å². The van der Waals surface area contributed by atoms with Crippen LogP contribution in [0.5, 0.6) is 0 Å². The fraction of sp³-hybridized carbons (Fsp3) is 0.158. The molecule has 130 valence electrons. The minimum absolute atomic E-state index is 0.133. The largest absolute Gasteiger partial charge is 0.305 e. The number of amidine groups is 1. The molecule has 0 saturated heterocycles. The molecule has 2 unspecified atom stereocenters. The minimum atomic E-state index is -0.628. The summed E-state index contributed by atoms with van der Waals surface area (Å²) in [6.07, 6.45) is 1.27. The van der Waals surface area contributed by atoms with Crippen molar-refractivity contribution in [3.63, 3.8) is 0 Å². The molecule has 0 saturated carbocycles. The lowest BCUT2D eigenvalue weighted by molar-refractivity contribution is 0.878. The van der Waals surface area contributed by atoms with E-state index in [9.17, 15) is 0 Å². The van der Waals surface area contributed by atoms with Gasteiger partial charge in [-0.3, -0.25) is 4.98 Å². The quantitative estimate of drug-likeness (QED) is 0.646. The van der Waals surface area contributed by atoms with Crippen LogP contribution in [0.3, 0.4) is 0 Å². The lowest BCUT2D eigenvalue weighted by Gasteiger charge is -2.18. The Labute approximate surface area is 165 Å². The number of benzene rings is 1. The van der Waals surface area contributed by atoms with E-state index in [-0.39, 0.29) is 11.1 Å². The number of nitrogens with zero attached hydrogens (tertiary/aromatic N) is 3. The first-order valence-corrected chi connectivity index (χ1v) is 9.75. The maximum Gasteiger partial charge on any atom is 0.148 e. The number of halogens is 1. The van der Waals surface area contributed by atoms with Crippen LogP contribution in [0.2, 0.25) is 0 Å². The fourth-order valence-corrected chi connectivity index (χ4v) is 4.09. The van der Waals surface area contributed by atoms with E-state index in [1.54, 1.807) is 11.3 Å². The number of thiocarbonyl (C=S) groups is 1. The average molecular weight is 399 g/mol. The van der Waals surface area contributed by atoms with Gasteiger partial charge in [-0.15, -0.1) is 11.3 Å². The number of aromatic nitrogens is 1. The highest BCUT2D eigenvalue weighted by Crippen LogP contribution is 2.35. The molecule has 2 N–H and O–H groups in total. The summed E-state index contributed by atoms with van der Waals surface area (Å²) in [5.74, 6) is 0.422. The van der Waals surface area contributed by atoms with Gasteiger partial charge in [-0.05, 0) is 23.9 Å². The summed E-state index contributed by atoms with van der Waals surface area (Å²) >= 11 is 12.9. The molecule has 0 fully saturated rings. The van der Waals surface area contributed by atoms with Gasteiger partial charge in [-0.1, -0.05) is 54.2 Å². The topological polar surface area (TPSA) is 63.6 Å². The van der Waals surface area contributed by atoms with E-state index in [0.29, 0.717) is 10.7 Å². The van der Waals surface area contributed by atoms with Crippen LogP contribution >= 0.6 is 35.2 Å². The molecule has 7 heteroatoms. The van der Waals surface area contributed by atoms with Crippen molar-refractivity contribution in [1.29, 1.82) is 0 Å². The van der Waals surface area contributed by atoms with Gasteiger partial charge < -0.3 is 5.73 Å². The van der Waals surface area contributed by atoms with E-state index in [2.05, 4.69) is 38.5 Å². The summed E-state index contributed by atoms with van der Waals surface area (Å²) in [4.78, 5) is 13.7. The standard InChI is InChI=1S/C19H15ClN4S2/c1-10(19-23-17(20)16(25)18(21)24-19)14-7-12-13(9-26-15(12)8-22-14)11-5-3-2-4-6-11/h2-10,18H,21H2,1H3. The van der Waals surface area contributed by atoms with Gasteiger partial charge in [0.05, 0.1) is 21.2 Å². The Kier molecular flexibility index (Phi) is 4.67. The third-order valence-electron chi connectivity index (χ3n) is 4.35. The van der Waals surface area contributed by atoms with E-state index in [4.69, 9.17) is 29.6 Å².